The van der Waals surface area contributed by atoms with Crippen LogP contribution in [0.15, 0.2) is 23.2 Å². The van der Waals surface area contributed by atoms with E-state index in [1.807, 2.05) is 0 Å². The second-order valence-electron chi connectivity index (χ2n) is 7.75. The summed E-state index contributed by atoms with van der Waals surface area (Å²) in [6, 6.07) is 4.52. The van der Waals surface area contributed by atoms with Crippen molar-refractivity contribution in [3.05, 3.63) is 35.1 Å². The van der Waals surface area contributed by atoms with Gasteiger partial charge < -0.3 is 15.4 Å². The van der Waals surface area contributed by atoms with Crippen LogP contribution in [-0.2, 0) is 26.9 Å². The van der Waals surface area contributed by atoms with Gasteiger partial charge in [0.15, 0.2) is 15.8 Å². The zero-order valence-corrected chi connectivity index (χ0v) is 21.3. The number of nitrogens with one attached hydrogen (secondary N) is 2. The summed E-state index contributed by atoms with van der Waals surface area (Å²) < 4.78 is 42.5. The molecule has 172 valence electrons. The first-order chi connectivity index (χ1) is 13.7. The van der Waals surface area contributed by atoms with Crippen LogP contribution in [0.25, 0.3) is 0 Å². The molecule has 1 aromatic carbocycles. The quantitative estimate of drug-likeness (QED) is 0.290. The maximum atomic E-state index is 13.7. The minimum Gasteiger partial charge on any atom is -0.379 e. The average molecular weight is 556 g/mol. The smallest absolute Gasteiger partial charge is 0.191 e. The molecule has 1 aliphatic heterocycles. The van der Waals surface area contributed by atoms with Gasteiger partial charge in [-0.25, -0.2) is 12.8 Å². The Balaban J connectivity index is 0.00000450. The molecule has 1 heterocycles. The molecule has 0 aromatic heterocycles. The number of hydrogen-bond donors (Lipinski definition) is 2. The number of guanidine groups is 1. The molecular weight excluding hydrogens is 522 g/mol. The van der Waals surface area contributed by atoms with Crippen molar-refractivity contribution in [1.29, 1.82) is 0 Å². The molecule has 0 saturated carbocycles. The number of ether oxygens (including phenoxy) is 1. The Morgan fingerprint density at radius 3 is 2.47 bits per heavy atom. The van der Waals surface area contributed by atoms with Crippen molar-refractivity contribution in [3.8, 4) is 0 Å². The Morgan fingerprint density at radius 2 is 1.90 bits per heavy atom. The molecule has 7 nitrogen and oxygen atoms in total. The third-order valence-electron chi connectivity index (χ3n) is 5.02. The summed E-state index contributed by atoms with van der Waals surface area (Å²) in [5.74, 6) is 0.541. The van der Waals surface area contributed by atoms with Crippen molar-refractivity contribution in [2.24, 2.45) is 10.9 Å². The molecule has 1 atom stereocenters. The van der Waals surface area contributed by atoms with Gasteiger partial charge in [-0.2, -0.15) is 0 Å². The summed E-state index contributed by atoms with van der Waals surface area (Å²) in [6.45, 7) is 8.72. The van der Waals surface area contributed by atoms with Crippen molar-refractivity contribution in [2.75, 3.05) is 46.2 Å². The van der Waals surface area contributed by atoms with Crippen molar-refractivity contribution in [3.63, 3.8) is 0 Å². The van der Waals surface area contributed by atoms with E-state index >= 15 is 0 Å². The minimum absolute atomic E-state index is 0. The van der Waals surface area contributed by atoms with Gasteiger partial charge in [0.1, 0.15) is 5.82 Å². The predicted octanol–water partition coefficient (Wildman–Crippen LogP) is 2.01. The third-order valence-corrected chi connectivity index (χ3v) is 5.85. The summed E-state index contributed by atoms with van der Waals surface area (Å²) in [5, 5.41) is 6.52. The van der Waals surface area contributed by atoms with Crippen LogP contribution in [0, 0.1) is 11.7 Å². The first-order valence-electron chi connectivity index (χ1n) is 9.91. The zero-order chi connectivity index (χ0) is 21.4. The van der Waals surface area contributed by atoms with E-state index in [0.717, 1.165) is 32.8 Å². The summed E-state index contributed by atoms with van der Waals surface area (Å²) >= 11 is 0. The van der Waals surface area contributed by atoms with Crippen molar-refractivity contribution in [1.82, 2.24) is 15.5 Å². The van der Waals surface area contributed by atoms with Gasteiger partial charge in [-0.1, -0.05) is 19.9 Å². The van der Waals surface area contributed by atoms with Crippen molar-refractivity contribution in [2.45, 2.75) is 32.2 Å². The molecule has 1 saturated heterocycles. The molecule has 2 N–H and O–H groups in total. The average Bonchev–Trinajstić information content (AvgIpc) is 2.66. The summed E-state index contributed by atoms with van der Waals surface area (Å²) in [4.78, 5) is 6.67. The number of nitrogens with zero attached hydrogens (tertiary/aromatic N) is 2. The fraction of sp³-hybridized carbons (Fsp3) is 0.650. The Bertz CT molecular complexity index is 799. The topological polar surface area (TPSA) is 83.0 Å². The standard InChI is InChI=1S/C20H33FN4O3S.HI/c1-15(2)19(25-7-9-28-10-8-25)13-24-20(22-3)23-12-17-11-18(21)6-5-16(17)14-29(4,26)27;/h5-6,11,15,19H,7-10,12-14H2,1-4H3,(H2,22,23,24);1H. The highest BCUT2D eigenvalue weighted by atomic mass is 127. The van der Waals surface area contributed by atoms with Gasteiger partial charge in [0.2, 0.25) is 0 Å². The predicted molar refractivity (Wildman–Crippen MR) is 130 cm³/mol. The van der Waals surface area contributed by atoms with E-state index in [1.54, 1.807) is 7.05 Å². The van der Waals surface area contributed by atoms with E-state index in [2.05, 4.69) is 34.4 Å². The highest BCUT2D eigenvalue weighted by molar-refractivity contribution is 14.0. The summed E-state index contributed by atoms with van der Waals surface area (Å²) in [5.41, 5.74) is 1.19. The normalized spacial score (nSPS) is 16.8. The van der Waals surface area contributed by atoms with E-state index in [4.69, 9.17) is 4.74 Å². The Kier molecular flexibility index (Phi) is 11.5. The highest BCUT2D eigenvalue weighted by Crippen LogP contribution is 2.15. The highest BCUT2D eigenvalue weighted by Gasteiger charge is 2.24. The van der Waals surface area contributed by atoms with Crippen LogP contribution >= 0.6 is 24.0 Å². The SMILES string of the molecule is CN=C(NCc1cc(F)ccc1CS(C)(=O)=O)NCC(C(C)C)N1CCOCC1.I. The van der Waals surface area contributed by atoms with Crippen LogP contribution in [0.4, 0.5) is 4.39 Å². The van der Waals surface area contributed by atoms with Gasteiger partial charge in [0.05, 0.1) is 19.0 Å². The molecule has 30 heavy (non-hydrogen) atoms. The molecule has 0 radical (unpaired) electrons. The molecular formula is C20H34FIN4O3S. The molecule has 0 bridgehead atoms. The molecule has 0 amide bonds. The third kappa shape index (κ3) is 9.03. The van der Waals surface area contributed by atoms with Crippen LogP contribution in [0.3, 0.4) is 0 Å². The number of rotatable bonds is 8. The summed E-state index contributed by atoms with van der Waals surface area (Å²) in [7, 11) is -1.53. The fourth-order valence-corrected chi connectivity index (χ4v) is 4.33. The fourth-order valence-electron chi connectivity index (χ4n) is 3.48. The monoisotopic (exact) mass is 556 g/mol. The van der Waals surface area contributed by atoms with Crippen LogP contribution in [0.1, 0.15) is 25.0 Å². The lowest BCUT2D eigenvalue weighted by Crippen LogP contribution is -2.52. The first kappa shape index (κ1) is 27.1. The molecule has 1 aliphatic rings. The van der Waals surface area contributed by atoms with Crippen molar-refractivity contribution < 1.29 is 17.5 Å². The Labute approximate surface area is 196 Å². The number of halogens is 2. The number of aliphatic imine (C=N–C) groups is 1. The lowest BCUT2D eigenvalue weighted by Gasteiger charge is -2.37. The molecule has 2 rings (SSSR count). The lowest BCUT2D eigenvalue weighted by molar-refractivity contribution is 0.00752. The maximum absolute atomic E-state index is 13.7. The number of morpholine rings is 1. The van der Waals surface area contributed by atoms with Crippen LogP contribution in [-0.4, -0.2) is 71.5 Å². The van der Waals surface area contributed by atoms with Crippen molar-refractivity contribution >= 4 is 39.8 Å². The van der Waals surface area contributed by atoms with Gasteiger partial charge in [0, 0.05) is 45.5 Å². The van der Waals surface area contributed by atoms with Gasteiger partial charge in [-0.15, -0.1) is 24.0 Å². The number of benzene rings is 1. The number of hydrogen-bond acceptors (Lipinski definition) is 5. The number of sulfone groups is 1. The molecule has 1 aromatic rings. The lowest BCUT2D eigenvalue weighted by atomic mass is 10.0. The maximum Gasteiger partial charge on any atom is 0.191 e. The molecule has 0 aliphatic carbocycles. The van der Waals surface area contributed by atoms with E-state index in [0.29, 0.717) is 29.0 Å². The molecule has 1 unspecified atom stereocenters. The molecule has 0 spiro atoms. The molecule has 1 fully saturated rings. The minimum atomic E-state index is -3.21. The van der Waals surface area contributed by atoms with Crippen LogP contribution in [0.2, 0.25) is 0 Å². The van der Waals surface area contributed by atoms with E-state index in [-0.39, 0.29) is 36.3 Å². The van der Waals surface area contributed by atoms with Crippen LogP contribution < -0.4 is 10.6 Å². The van der Waals surface area contributed by atoms with E-state index in [9.17, 15) is 12.8 Å². The second-order valence-corrected chi connectivity index (χ2v) is 9.89. The van der Waals surface area contributed by atoms with Gasteiger partial charge in [-0.05, 0) is 29.2 Å². The van der Waals surface area contributed by atoms with E-state index < -0.39 is 15.7 Å². The second kappa shape index (κ2) is 12.8. The van der Waals surface area contributed by atoms with Gasteiger partial charge in [0.25, 0.3) is 0 Å². The Morgan fingerprint density at radius 1 is 1.23 bits per heavy atom. The Hall–Kier alpha value is -0.980. The van der Waals surface area contributed by atoms with E-state index in [1.165, 1.54) is 24.5 Å². The van der Waals surface area contributed by atoms with Crippen LogP contribution in [0.5, 0.6) is 0 Å². The molecule has 10 heteroatoms. The zero-order valence-electron chi connectivity index (χ0n) is 18.2. The largest absolute Gasteiger partial charge is 0.379 e. The first-order valence-corrected chi connectivity index (χ1v) is 12.0. The van der Waals surface area contributed by atoms with Gasteiger partial charge >= 0.3 is 0 Å². The summed E-state index contributed by atoms with van der Waals surface area (Å²) in [6.07, 6.45) is 1.17. The van der Waals surface area contributed by atoms with Gasteiger partial charge in [-0.3, -0.25) is 9.89 Å².